The van der Waals surface area contributed by atoms with Gasteiger partial charge in [0, 0.05) is 24.5 Å². The number of halogens is 1. The molecule has 2 amide bonds. The molecule has 0 saturated carbocycles. The van der Waals surface area contributed by atoms with Crippen molar-refractivity contribution in [2.75, 3.05) is 19.7 Å². The molecule has 0 saturated heterocycles. The summed E-state index contributed by atoms with van der Waals surface area (Å²) in [6.07, 6.45) is 1.35. The molecular weight excluding hydrogens is 469 g/mol. The van der Waals surface area contributed by atoms with Crippen molar-refractivity contribution in [2.24, 2.45) is 0 Å². The third-order valence-electron chi connectivity index (χ3n) is 5.32. The lowest BCUT2D eigenvalue weighted by Crippen LogP contribution is -2.48. The maximum Gasteiger partial charge on any atom is 0.475 e. The van der Waals surface area contributed by atoms with Crippen molar-refractivity contribution in [1.82, 2.24) is 10.2 Å². The van der Waals surface area contributed by atoms with Gasteiger partial charge in [0.05, 0.1) is 12.5 Å². The highest BCUT2D eigenvalue weighted by Crippen LogP contribution is 2.13. The summed E-state index contributed by atoms with van der Waals surface area (Å²) < 4.78 is 5.20. The number of amides is 2. The Labute approximate surface area is 210 Å². The summed E-state index contributed by atoms with van der Waals surface area (Å²) in [5, 5.41) is 31.7. The molecule has 10 heteroatoms. The number of nitrogens with one attached hydrogen (secondary N) is 1. The Morgan fingerprint density at radius 2 is 1.86 bits per heavy atom. The van der Waals surface area contributed by atoms with Gasteiger partial charge in [-0.2, -0.15) is 5.26 Å². The lowest BCUT2D eigenvalue weighted by molar-refractivity contribution is -0.126. The molecule has 0 bridgehead atoms. The van der Waals surface area contributed by atoms with E-state index in [-0.39, 0.29) is 24.5 Å². The molecule has 2 aromatic rings. The van der Waals surface area contributed by atoms with E-state index >= 15 is 0 Å². The standard InChI is InChI=1S/C25H29BClN3O5/c1-3-30(4-2)24(31)21(17-28)15-20-7-5-6-18(14-20)12-13-35-25(32)29-23(26(33)34)16-19-8-10-22(27)11-9-19/h5-11,14-15,23,33-34H,3-4,12-13,16H2,1-2H3,(H,29,32)/t23-/m0/s1. The van der Waals surface area contributed by atoms with Gasteiger partial charge >= 0.3 is 13.2 Å². The molecule has 0 heterocycles. The fraction of sp³-hybridized carbons (Fsp3) is 0.320. The topological polar surface area (TPSA) is 123 Å². The first kappa shape index (κ1) is 27.9. The van der Waals surface area contributed by atoms with Gasteiger partial charge in [0.1, 0.15) is 11.6 Å². The minimum Gasteiger partial charge on any atom is -0.449 e. The normalized spacial score (nSPS) is 11.8. The van der Waals surface area contributed by atoms with Crippen LogP contribution in [0.4, 0.5) is 4.79 Å². The van der Waals surface area contributed by atoms with E-state index in [1.165, 1.54) is 0 Å². The van der Waals surface area contributed by atoms with E-state index < -0.39 is 19.2 Å². The number of rotatable bonds is 11. The van der Waals surface area contributed by atoms with Crippen LogP contribution >= 0.6 is 11.6 Å². The quantitative estimate of drug-likeness (QED) is 0.249. The zero-order valence-electron chi connectivity index (χ0n) is 19.8. The van der Waals surface area contributed by atoms with E-state index in [2.05, 4.69) is 5.32 Å². The van der Waals surface area contributed by atoms with Crippen LogP contribution in [0.3, 0.4) is 0 Å². The lowest BCUT2D eigenvalue weighted by Gasteiger charge is -2.18. The summed E-state index contributed by atoms with van der Waals surface area (Å²) in [5.74, 6) is -1.27. The molecule has 0 unspecified atom stereocenters. The maximum absolute atomic E-state index is 12.5. The maximum atomic E-state index is 12.5. The monoisotopic (exact) mass is 497 g/mol. The molecule has 2 aromatic carbocycles. The van der Waals surface area contributed by atoms with Crippen LogP contribution in [0.5, 0.6) is 0 Å². The van der Waals surface area contributed by atoms with Gasteiger partial charge in [-0.1, -0.05) is 48.0 Å². The van der Waals surface area contributed by atoms with Gasteiger partial charge in [-0.3, -0.25) is 4.79 Å². The van der Waals surface area contributed by atoms with Crippen LogP contribution in [-0.4, -0.2) is 59.7 Å². The van der Waals surface area contributed by atoms with Gasteiger partial charge in [-0.25, -0.2) is 4.79 Å². The predicted octanol–water partition coefficient (Wildman–Crippen LogP) is 3.01. The second-order valence-corrected chi connectivity index (χ2v) is 8.21. The van der Waals surface area contributed by atoms with E-state index in [1.807, 2.05) is 32.0 Å². The summed E-state index contributed by atoms with van der Waals surface area (Å²) in [6.45, 7) is 4.80. The van der Waals surface area contributed by atoms with Crippen molar-refractivity contribution in [3.8, 4) is 6.07 Å². The number of carbonyl (C=O) groups excluding carboxylic acids is 2. The molecule has 0 aliphatic carbocycles. The van der Waals surface area contributed by atoms with Crippen molar-refractivity contribution in [2.45, 2.75) is 32.6 Å². The molecule has 0 fully saturated rings. The molecule has 0 spiro atoms. The summed E-state index contributed by atoms with van der Waals surface area (Å²) in [7, 11) is -1.77. The zero-order valence-corrected chi connectivity index (χ0v) is 20.5. The lowest BCUT2D eigenvalue weighted by atomic mass is 9.76. The number of benzene rings is 2. The summed E-state index contributed by atoms with van der Waals surface area (Å²) in [5.41, 5.74) is 2.36. The summed E-state index contributed by atoms with van der Waals surface area (Å²) in [4.78, 5) is 26.2. The highest BCUT2D eigenvalue weighted by molar-refractivity contribution is 6.43. The number of nitrogens with zero attached hydrogens (tertiary/aromatic N) is 2. The largest absolute Gasteiger partial charge is 0.475 e. The van der Waals surface area contributed by atoms with Crippen LogP contribution in [0.1, 0.15) is 30.5 Å². The smallest absolute Gasteiger partial charge is 0.449 e. The van der Waals surface area contributed by atoms with Crippen molar-refractivity contribution in [3.05, 3.63) is 75.8 Å². The SMILES string of the molecule is CCN(CC)C(=O)C(C#N)=Cc1cccc(CCOC(=O)N[C@@H](Cc2ccc(Cl)cc2)B(O)O)c1. The highest BCUT2D eigenvalue weighted by atomic mass is 35.5. The molecule has 35 heavy (non-hydrogen) atoms. The number of alkyl carbamates (subject to hydrolysis) is 1. The van der Waals surface area contributed by atoms with Crippen LogP contribution in [0.15, 0.2) is 54.1 Å². The van der Waals surface area contributed by atoms with Crippen LogP contribution in [0.2, 0.25) is 5.02 Å². The van der Waals surface area contributed by atoms with E-state index in [9.17, 15) is 24.9 Å². The van der Waals surface area contributed by atoms with Gasteiger partial charge in [0.2, 0.25) is 0 Å². The first-order valence-electron chi connectivity index (χ1n) is 11.3. The van der Waals surface area contributed by atoms with E-state index in [0.717, 1.165) is 11.1 Å². The molecule has 2 rings (SSSR count). The van der Waals surface area contributed by atoms with Crippen LogP contribution in [0, 0.1) is 11.3 Å². The van der Waals surface area contributed by atoms with Crippen LogP contribution in [-0.2, 0) is 22.4 Å². The van der Waals surface area contributed by atoms with Gasteiger partial charge in [-0.05, 0) is 55.2 Å². The molecule has 0 aromatic heterocycles. The zero-order chi connectivity index (χ0) is 25.8. The van der Waals surface area contributed by atoms with Gasteiger partial charge in [0.15, 0.2) is 0 Å². The number of ether oxygens (including phenoxy) is 1. The van der Waals surface area contributed by atoms with Crippen molar-refractivity contribution in [3.63, 3.8) is 0 Å². The molecule has 8 nitrogen and oxygen atoms in total. The van der Waals surface area contributed by atoms with Crippen molar-refractivity contribution >= 4 is 36.8 Å². The fourth-order valence-corrected chi connectivity index (χ4v) is 3.51. The Kier molecular flexibility index (Phi) is 11.3. The molecule has 3 N–H and O–H groups in total. The summed E-state index contributed by atoms with van der Waals surface area (Å²) >= 11 is 5.86. The van der Waals surface area contributed by atoms with Gasteiger partial charge in [-0.15, -0.1) is 0 Å². The van der Waals surface area contributed by atoms with E-state index in [0.29, 0.717) is 30.1 Å². The predicted molar refractivity (Wildman–Crippen MR) is 135 cm³/mol. The highest BCUT2D eigenvalue weighted by Gasteiger charge is 2.26. The number of carbonyl (C=O) groups is 2. The number of nitriles is 1. The minimum atomic E-state index is -1.77. The average Bonchev–Trinajstić information content (AvgIpc) is 2.84. The Hall–Kier alpha value is -3.32. The second-order valence-electron chi connectivity index (χ2n) is 7.77. The molecule has 0 aliphatic heterocycles. The Balaban J connectivity index is 1.94. The van der Waals surface area contributed by atoms with Gasteiger partial charge in [0.25, 0.3) is 5.91 Å². The average molecular weight is 498 g/mol. The Morgan fingerprint density at radius 3 is 2.46 bits per heavy atom. The molecule has 184 valence electrons. The Morgan fingerprint density at radius 1 is 1.17 bits per heavy atom. The van der Waals surface area contributed by atoms with Crippen molar-refractivity contribution < 1.29 is 24.4 Å². The summed E-state index contributed by atoms with van der Waals surface area (Å²) in [6, 6.07) is 16.0. The number of likely N-dealkylation sites (N-methyl/N-ethyl adjacent to an activating group) is 1. The Bertz CT molecular complexity index is 1070. The number of hydrogen-bond acceptors (Lipinski definition) is 6. The second kappa shape index (κ2) is 14.2. The first-order valence-corrected chi connectivity index (χ1v) is 11.7. The molecule has 0 radical (unpaired) electrons. The van der Waals surface area contributed by atoms with Crippen LogP contribution < -0.4 is 5.32 Å². The number of hydrogen-bond donors (Lipinski definition) is 3. The minimum absolute atomic E-state index is 0.0516. The molecule has 1 atom stereocenters. The molecule has 0 aliphatic rings. The van der Waals surface area contributed by atoms with Crippen molar-refractivity contribution in [1.29, 1.82) is 5.26 Å². The van der Waals surface area contributed by atoms with E-state index in [4.69, 9.17) is 16.3 Å². The third kappa shape index (κ3) is 9.10. The first-order chi connectivity index (χ1) is 16.8. The fourth-order valence-electron chi connectivity index (χ4n) is 3.39. The van der Waals surface area contributed by atoms with Gasteiger partial charge < -0.3 is 25.0 Å². The van der Waals surface area contributed by atoms with E-state index in [1.54, 1.807) is 47.4 Å². The molecular formula is C25H29BClN3O5. The van der Waals surface area contributed by atoms with Crippen LogP contribution in [0.25, 0.3) is 6.08 Å². The third-order valence-corrected chi connectivity index (χ3v) is 5.57.